The zero-order valence-electron chi connectivity index (χ0n) is 12.9. The highest BCUT2D eigenvalue weighted by Gasteiger charge is 2.40. The Balaban J connectivity index is 0.00000288. The van der Waals surface area contributed by atoms with E-state index in [-0.39, 0.29) is 43.0 Å². The Bertz CT molecular complexity index is 614. The summed E-state index contributed by atoms with van der Waals surface area (Å²) in [5.41, 5.74) is 6.26. The van der Waals surface area contributed by atoms with Crippen molar-refractivity contribution in [1.82, 2.24) is 0 Å². The Hall–Kier alpha value is -1.09. The third-order valence-electron chi connectivity index (χ3n) is 3.26. The Morgan fingerprint density at radius 3 is 2.62 bits per heavy atom. The molecule has 2 rings (SSSR count). The van der Waals surface area contributed by atoms with Crippen molar-refractivity contribution in [3.05, 3.63) is 28.7 Å². The van der Waals surface area contributed by atoms with Crippen LogP contribution < -0.4 is 23.0 Å². The molecule has 132 valence electrons. The smallest absolute Gasteiger partial charge is 0.323 e. The lowest BCUT2D eigenvalue weighted by Crippen LogP contribution is -3.00. The van der Waals surface area contributed by atoms with E-state index in [1.165, 1.54) is 16.7 Å². The number of amides is 2. The van der Waals surface area contributed by atoms with Gasteiger partial charge in [0, 0.05) is 16.6 Å². The minimum absolute atomic E-state index is 0. The van der Waals surface area contributed by atoms with E-state index >= 15 is 0 Å². The van der Waals surface area contributed by atoms with Gasteiger partial charge in [0.05, 0.1) is 17.5 Å². The van der Waals surface area contributed by atoms with Crippen LogP contribution in [0.2, 0.25) is 0 Å². The van der Waals surface area contributed by atoms with E-state index in [0.29, 0.717) is 5.69 Å². The Kier molecular flexibility index (Phi) is 8.21. The molecule has 1 heterocycles. The van der Waals surface area contributed by atoms with Crippen molar-refractivity contribution < 1.29 is 31.5 Å². The molecular weight excluding hydrogens is 420 g/mol. The van der Waals surface area contributed by atoms with E-state index in [1.54, 1.807) is 31.2 Å². The highest BCUT2D eigenvalue weighted by Crippen LogP contribution is 2.30. The molecule has 24 heavy (non-hydrogen) atoms. The summed E-state index contributed by atoms with van der Waals surface area (Å²) in [6.07, 6.45) is 0.106. The number of hydrogen-bond acceptors (Lipinski definition) is 6. The van der Waals surface area contributed by atoms with Crippen molar-refractivity contribution >= 4 is 51.2 Å². The molecule has 0 saturated carbocycles. The van der Waals surface area contributed by atoms with Gasteiger partial charge in [-0.3, -0.25) is 14.4 Å². The summed E-state index contributed by atoms with van der Waals surface area (Å²) in [4.78, 5) is 37.2. The number of anilines is 1. The lowest BCUT2D eigenvalue weighted by molar-refractivity contribution is -0.144. The van der Waals surface area contributed by atoms with Crippen molar-refractivity contribution in [3.63, 3.8) is 0 Å². The van der Waals surface area contributed by atoms with Gasteiger partial charge >= 0.3 is 5.97 Å². The van der Waals surface area contributed by atoms with E-state index in [2.05, 4.69) is 15.9 Å². The second-order valence-corrected chi connectivity index (χ2v) is 7.08. The molecule has 1 fully saturated rings. The summed E-state index contributed by atoms with van der Waals surface area (Å²) >= 11 is 4.53. The van der Waals surface area contributed by atoms with Gasteiger partial charge in [0.25, 0.3) is 0 Å². The van der Waals surface area contributed by atoms with Crippen molar-refractivity contribution in [2.45, 2.75) is 24.6 Å². The molecule has 6 nitrogen and oxygen atoms in total. The molecule has 0 spiro atoms. The summed E-state index contributed by atoms with van der Waals surface area (Å²) in [5, 5.41) is -0.522. The Morgan fingerprint density at radius 2 is 2.04 bits per heavy atom. The number of hydrogen-bond donors (Lipinski definition) is 1. The zero-order chi connectivity index (χ0) is 17.0. The fourth-order valence-corrected chi connectivity index (χ4v) is 3.48. The summed E-state index contributed by atoms with van der Waals surface area (Å²) in [6, 6.07) is 6.15. The molecule has 9 heteroatoms. The lowest BCUT2D eigenvalue weighted by Gasteiger charge is -2.15. The first-order valence-electron chi connectivity index (χ1n) is 7.10. The van der Waals surface area contributed by atoms with E-state index in [9.17, 15) is 14.4 Å². The molecule has 1 unspecified atom stereocenters. The molecule has 1 aromatic carbocycles. The molecule has 1 saturated heterocycles. The normalized spacial score (nSPS) is 18.3. The van der Waals surface area contributed by atoms with Crippen LogP contribution in [-0.4, -0.2) is 41.4 Å². The standard InChI is InChI=1S/C15H17BrN2O4S.ClH/c1-2-22-15(21)11(17)8-23-12-7-13(19)18(14(12)20)10-5-3-9(16)4-6-10;/h3-6,11-12H,2,7-8,17H2,1H3;1H/p-1/t11-,12?;/m0./s1. The number of halogens is 2. The van der Waals surface area contributed by atoms with Gasteiger partial charge in [0.1, 0.15) is 6.04 Å². The zero-order valence-corrected chi connectivity index (χ0v) is 16.1. The largest absolute Gasteiger partial charge is 1.00 e. The maximum Gasteiger partial charge on any atom is 0.323 e. The van der Waals surface area contributed by atoms with E-state index in [1.807, 2.05) is 0 Å². The average molecular weight is 437 g/mol. The Morgan fingerprint density at radius 1 is 1.42 bits per heavy atom. The number of carbonyl (C=O) groups is 3. The number of carbonyl (C=O) groups excluding carboxylic acids is 3. The first-order valence-corrected chi connectivity index (χ1v) is 8.94. The van der Waals surface area contributed by atoms with Crippen LogP contribution in [0, 0.1) is 0 Å². The average Bonchev–Trinajstić information content (AvgIpc) is 2.80. The number of nitrogens with zero attached hydrogens (tertiary/aromatic N) is 1. The highest BCUT2D eigenvalue weighted by molar-refractivity contribution is 9.10. The molecule has 0 bridgehead atoms. The molecule has 0 aromatic heterocycles. The van der Waals surface area contributed by atoms with Gasteiger partial charge in [0.15, 0.2) is 0 Å². The fraction of sp³-hybridized carbons (Fsp3) is 0.400. The Labute approximate surface area is 159 Å². The summed E-state index contributed by atoms with van der Waals surface area (Å²) in [6.45, 7) is 1.96. The van der Waals surface area contributed by atoms with Gasteiger partial charge in [0.2, 0.25) is 11.8 Å². The van der Waals surface area contributed by atoms with Crippen LogP contribution >= 0.6 is 27.7 Å². The SMILES string of the molecule is CCOC(=O)[C@@H](N)CSC1CC(=O)N(c2ccc(Br)cc2)C1=O.[Cl-]. The second kappa shape index (κ2) is 9.41. The summed E-state index contributed by atoms with van der Waals surface area (Å²) < 4.78 is 5.69. The molecule has 2 amide bonds. The van der Waals surface area contributed by atoms with Gasteiger partial charge in [-0.25, -0.2) is 4.90 Å². The maximum absolute atomic E-state index is 12.4. The summed E-state index contributed by atoms with van der Waals surface area (Å²) in [7, 11) is 0. The number of benzene rings is 1. The number of imide groups is 1. The van der Waals surface area contributed by atoms with E-state index in [0.717, 1.165) is 4.47 Å². The highest BCUT2D eigenvalue weighted by atomic mass is 79.9. The van der Waals surface area contributed by atoms with Crippen molar-refractivity contribution in [2.75, 3.05) is 17.3 Å². The number of nitrogens with two attached hydrogens (primary N) is 1. The third-order valence-corrected chi connectivity index (χ3v) is 5.11. The monoisotopic (exact) mass is 435 g/mol. The predicted octanol–water partition coefficient (Wildman–Crippen LogP) is -1.29. The third kappa shape index (κ3) is 4.95. The van der Waals surface area contributed by atoms with Gasteiger partial charge in [-0.1, -0.05) is 15.9 Å². The first kappa shape index (κ1) is 21.0. The molecule has 1 aliphatic heterocycles. The van der Waals surface area contributed by atoms with Crippen LogP contribution in [0.15, 0.2) is 28.7 Å². The molecular formula is C15H17BrClN2O4S-. The molecule has 0 radical (unpaired) electrons. The lowest BCUT2D eigenvalue weighted by atomic mass is 10.3. The van der Waals surface area contributed by atoms with Crippen LogP contribution in [0.3, 0.4) is 0 Å². The minimum atomic E-state index is -0.801. The van der Waals surface area contributed by atoms with Crippen molar-refractivity contribution in [1.29, 1.82) is 0 Å². The number of thioether (sulfide) groups is 1. The van der Waals surface area contributed by atoms with E-state index < -0.39 is 17.3 Å². The maximum atomic E-state index is 12.4. The first-order chi connectivity index (χ1) is 10.9. The van der Waals surface area contributed by atoms with Crippen molar-refractivity contribution in [2.24, 2.45) is 5.73 Å². The fourth-order valence-electron chi connectivity index (χ4n) is 2.13. The summed E-state index contributed by atoms with van der Waals surface area (Å²) in [5.74, 6) is -0.795. The van der Waals surface area contributed by atoms with Crippen LogP contribution in [0.1, 0.15) is 13.3 Å². The number of esters is 1. The second-order valence-electron chi connectivity index (χ2n) is 4.93. The van der Waals surface area contributed by atoms with Crippen LogP contribution in [-0.2, 0) is 19.1 Å². The van der Waals surface area contributed by atoms with E-state index in [4.69, 9.17) is 10.5 Å². The molecule has 2 atom stereocenters. The number of ether oxygens (including phenoxy) is 1. The van der Waals surface area contributed by atoms with Crippen molar-refractivity contribution in [3.8, 4) is 0 Å². The number of rotatable bonds is 6. The van der Waals surface area contributed by atoms with Crippen LogP contribution in [0.4, 0.5) is 5.69 Å². The predicted molar refractivity (Wildman–Crippen MR) is 92.1 cm³/mol. The minimum Gasteiger partial charge on any atom is -1.00 e. The van der Waals surface area contributed by atoms with Crippen LogP contribution in [0.25, 0.3) is 0 Å². The molecule has 2 N–H and O–H groups in total. The molecule has 0 aliphatic carbocycles. The van der Waals surface area contributed by atoms with Gasteiger partial charge in [-0.2, -0.15) is 0 Å². The molecule has 1 aliphatic rings. The topological polar surface area (TPSA) is 89.7 Å². The van der Waals surface area contributed by atoms with Gasteiger partial charge < -0.3 is 22.9 Å². The molecule has 1 aromatic rings. The van der Waals surface area contributed by atoms with Gasteiger partial charge in [-0.15, -0.1) is 11.8 Å². The quantitative estimate of drug-likeness (QED) is 0.441. The van der Waals surface area contributed by atoms with Gasteiger partial charge in [-0.05, 0) is 31.2 Å². The van der Waals surface area contributed by atoms with Crippen LogP contribution in [0.5, 0.6) is 0 Å².